The van der Waals surface area contributed by atoms with Gasteiger partial charge in [-0.25, -0.2) is 0 Å². The van der Waals surface area contributed by atoms with Crippen LogP contribution in [0, 0.1) is 5.41 Å². The van der Waals surface area contributed by atoms with Crippen molar-refractivity contribution in [3.05, 3.63) is 0 Å². The summed E-state index contributed by atoms with van der Waals surface area (Å²) in [5.74, 6) is 0.207. The van der Waals surface area contributed by atoms with Gasteiger partial charge in [0.25, 0.3) is 0 Å². The van der Waals surface area contributed by atoms with Gasteiger partial charge in [0.05, 0.1) is 5.41 Å². The molecule has 2 rings (SSSR count). The molecule has 3 heteroatoms. The number of carbonyl (C=O) groups excluding carboxylic acids is 1. The van der Waals surface area contributed by atoms with Crippen LogP contribution < -0.4 is 11.1 Å². The molecule has 0 aromatic carbocycles. The van der Waals surface area contributed by atoms with Gasteiger partial charge in [0.15, 0.2) is 0 Å². The van der Waals surface area contributed by atoms with E-state index in [-0.39, 0.29) is 17.4 Å². The first-order valence-corrected chi connectivity index (χ1v) is 7.69. The highest BCUT2D eigenvalue weighted by molar-refractivity contribution is 5.83. The summed E-state index contributed by atoms with van der Waals surface area (Å²) in [6.45, 7) is 2.04. The molecule has 2 aliphatic rings. The maximum atomic E-state index is 12.5. The molecule has 3 nitrogen and oxygen atoms in total. The highest BCUT2D eigenvalue weighted by atomic mass is 16.2. The van der Waals surface area contributed by atoms with Crippen LogP contribution in [0.25, 0.3) is 0 Å². The first-order valence-electron chi connectivity index (χ1n) is 7.69. The van der Waals surface area contributed by atoms with Crippen molar-refractivity contribution in [2.24, 2.45) is 11.1 Å². The monoisotopic (exact) mass is 252 g/mol. The van der Waals surface area contributed by atoms with Gasteiger partial charge in [0.2, 0.25) is 5.91 Å². The van der Waals surface area contributed by atoms with E-state index in [2.05, 4.69) is 5.32 Å². The van der Waals surface area contributed by atoms with Gasteiger partial charge in [0.1, 0.15) is 0 Å². The molecule has 1 amide bonds. The number of amides is 1. The van der Waals surface area contributed by atoms with Crippen molar-refractivity contribution in [2.75, 3.05) is 0 Å². The molecular formula is C15H28N2O. The van der Waals surface area contributed by atoms with Crippen LogP contribution in [0.3, 0.4) is 0 Å². The lowest BCUT2D eigenvalue weighted by Crippen LogP contribution is -2.50. The van der Waals surface area contributed by atoms with Crippen LogP contribution in [-0.4, -0.2) is 18.0 Å². The summed E-state index contributed by atoms with van der Waals surface area (Å²) in [6, 6.07) is 0.438. The minimum atomic E-state index is -0.317. The van der Waals surface area contributed by atoms with Gasteiger partial charge in [-0.1, -0.05) is 38.5 Å². The van der Waals surface area contributed by atoms with E-state index in [0.717, 1.165) is 32.1 Å². The molecule has 0 aromatic heterocycles. The molecule has 0 radical (unpaired) electrons. The SMILES string of the molecule is CC1(C(=O)NC2CCCCCCC2)CCCC1N. The lowest BCUT2D eigenvalue weighted by atomic mass is 9.83. The second kappa shape index (κ2) is 6.05. The molecule has 3 N–H and O–H groups in total. The van der Waals surface area contributed by atoms with Crippen molar-refractivity contribution in [2.45, 2.75) is 83.2 Å². The molecule has 2 unspecified atom stereocenters. The summed E-state index contributed by atoms with van der Waals surface area (Å²) in [6.07, 6.45) is 11.9. The maximum absolute atomic E-state index is 12.5. The lowest BCUT2D eigenvalue weighted by Gasteiger charge is -2.31. The Hall–Kier alpha value is -0.570. The first kappa shape index (κ1) is 13.9. The Labute approximate surface area is 111 Å². The quantitative estimate of drug-likeness (QED) is 0.794. The molecule has 2 saturated carbocycles. The lowest BCUT2D eigenvalue weighted by molar-refractivity contribution is -0.131. The third-order valence-electron chi connectivity index (χ3n) is 4.99. The van der Waals surface area contributed by atoms with E-state index in [9.17, 15) is 4.79 Å². The van der Waals surface area contributed by atoms with Crippen LogP contribution in [0.4, 0.5) is 0 Å². The summed E-state index contributed by atoms with van der Waals surface area (Å²) >= 11 is 0. The van der Waals surface area contributed by atoms with E-state index < -0.39 is 0 Å². The van der Waals surface area contributed by atoms with E-state index >= 15 is 0 Å². The first-order chi connectivity index (χ1) is 8.63. The van der Waals surface area contributed by atoms with Gasteiger partial charge in [-0.05, 0) is 32.6 Å². The van der Waals surface area contributed by atoms with E-state index in [0.29, 0.717) is 6.04 Å². The van der Waals surface area contributed by atoms with Gasteiger partial charge in [-0.2, -0.15) is 0 Å². The van der Waals surface area contributed by atoms with Crippen LogP contribution in [-0.2, 0) is 4.79 Å². The number of carbonyl (C=O) groups is 1. The predicted molar refractivity (Wildman–Crippen MR) is 74.2 cm³/mol. The van der Waals surface area contributed by atoms with E-state index in [1.54, 1.807) is 0 Å². The third kappa shape index (κ3) is 3.05. The van der Waals surface area contributed by atoms with Crippen molar-refractivity contribution in [3.8, 4) is 0 Å². The Morgan fingerprint density at radius 1 is 1.06 bits per heavy atom. The molecule has 2 atom stereocenters. The zero-order valence-corrected chi connectivity index (χ0v) is 11.7. The largest absolute Gasteiger partial charge is 0.353 e. The predicted octanol–water partition coefficient (Wildman–Crippen LogP) is 2.73. The van der Waals surface area contributed by atoms with Crippen LogP contribution >= 0.6 is 0 Å². The van der Waals surface area contributed by atoms with E-state index in [4.69, 9.17) is 5.73 Å². The molecular weight excluding hydrogens is 224 g/mol. The summed E-state index contributed by atoms with van der Waals surface area (Å²) < 4.78 is 0. The fourth-order valence-electron chi connectivity index (χ4n) is 3.43. The fraction of sp³-hybridized carbons (Fsp3) is 0.933. The molecule has 2 aliphatic carbocycles. The zero-order chi connectivity index (χ0) is 13.0. The summed E-state index contributed by atoms with van der Waals surface area (Å²) in [5, 5.41) is 3.28. The van der Waals surface area contributed by atoms with Crippen LogP contribution in [0.1, 0.15) is 71.1 Å². The molecule has 104 valence electrons. The van der Waals surface area contributed by atoms with Crippen molar-refractivity contribution in [3.63, 3.8) is 0 Å². The second-order valence-corrected chi connectivity index (χ2v) is 6.43. The normalized spacial score (nSPS) is 34.9. The topological polar surface area (TPSA) is 55.1 Å². The zero-order valence-electron chi connectivity index (χ0n) is 11.7. The van der Waals surface area contributed by atoms with Crippen molar-refractivity contribution in [1.82, 2.24) is 5.32 Å². The van der Waals surface area contributed by atoms with Gasteiger partial charge >= 0.3 is 0 Å². The standard InChI is InChI=1S/C15H28N2O/c1-15(11-7-10-13(15)16)14(18)17-12-8-5-3-2-4-6-9-12/h12-13H,2-11,16H2,1H3,(H,17,18). The van der Waals surface area contributed by atoms with Crippen molar-refractivity contribution in [1.29, 1.82) is 0 Å². The molecule has 0 spiro atoms. The number of rotatable bonds is 2. The summed E-state index contributed by atoms with van der Waals surface area (Å²) in [5.41, 5.74) is 5.80. The Morgan fingerprint density at radius 3 is 2.22 bits per heavy atom. The molecule has 0 aliphatic heterocycles. The van der Waals surface area contributed by atoms with Crippen molar-refractivity contribution >= 4 is 5.91 Å². The highest BCUT2D eigenvalue weighted by Gasteiger charge is 2.43. The van der Waals surface area contributed by atoms with Gasteiger partial charge in [-0.15, -0.1) is 0 Å². The Bertz CT molecular complexity index is 284. The number of hydrogen-bond donors (Lipinski definition) is 2. The number of nitrogens with one attached hydrogen (secondary N) is 1. The second-order valence-electron chi connectivity index (χ2n) is 6.43. The average Bonchev–Trinajstić information content (AvgIpc) is 2.64. The number of hydrogen-bond acceptors (Lipinski definition) is 2. The maximum Gasteiger partial charge on any atom is 0.227 e. The Morgan fingerprint density at radius 2 is 1.67 bits per heavy atom. The van der Waals surface area contributed by atoms with E-state index in [1.165, 1.54) is 32.1 Å². The molecule has 0 aromatic rings. The van der Waals surface area contributed by atoms with Crippen molar-refractivity contribution < 1.29 is 4.79 Å². The smallest absolute Gasteiger partial charge is 0.227 e. The number of nitrogens with two attached hydrogens (primary N) is 1. The van der Waals surface area contributed by atoms with Gasteiger partial charge < -0.3 is 11.1 Å². The molecule has 0 saturated heterocycles. The Balaban J connectivity index is 1.89. The third-order valence-corrected chi connectivity index (χ3v) is 4.99. The molecule has 0 bridgehead atoms. The highest BCUT2D eigenvalue weighted by Crippen LogP contribution is 2.37. The average molecular weight is 252 g/mol. The Kier molecular flexibility index (Phi) is 4.66. The van der Waals surface area contributed by atoms with Gasteiger partial charge in [0, 0.05) is 12.1 Å². The molecule has 18 heavy (non-hydrogen) atoms. The summed E-state index contributed by atoms with van der Waals surface area (Å²) in [7, 11) is 0. The van der Waals surface area contributed by atoms with E-state index in [1.807, 2.05) is 6.92 Å². The molecule has 0 heterocycles. The van der Waals surface area contributed by atoms with Crippen LogP contribution in [0.2, 0.25) is 0 Å². The minimum absolute atomic E-state index is 0.0473. The summed E-state index contributed by atoms with van der Waals surface area (Å²) in [4.78, 5) is 12.5. The molecule has 2 fully saturated rings. The minimum Gasteiger partial charge on any atom is -0.353 e. The van der Waals surface area contributed by atoms with Gasteiger partial charge in [-0.3, -0.25) is 4.79 Å². The fourth-order valence-corrected chi connectivity index (χ4v) is 3.43. The van der Waals surface area contributed by atoms with Crippen LogP contribution in [0.5, 0.6) is 0 Å². The van der Waals surface area contributed by atoms with Crippen LogP contribution in [0.15, 0.2) is 0 Å².